The van der Waals surface area contributed by atoms with Crippen molar-refractivity contribution in [3.63, 3.8) is 0 Å². The summed E-state index contributed by atoms with van der Waals surface area (Å²) in [4.78, 5) is 8.88. The zero-order chi connectivity index (χ0) is 18.8. The molecule has 26 heavy (non-hydrogen) atoms. The summed E-state index contributed by atoms with van der Waals surface area (Å²) >= 11 is 0. The van der Waals surface area contributed by atoms with Gasteiger partial charge in [0.15, 0.2) is 17.5 Å². The first-order valence-corrected chi connectivity index (χ1v) is 8.55. The molecule has 0 bridgehead atoms. The molecule has 7 nitrogen and oxygen atoms in total. The topological polar surface area (TPSA) is 77.0 Å². The molecule has 1 aromatic heterocycles. The van der Waals surface area contributed by atoms with Gasteiger partial charge in [0.05, 0.1) is 27.4 Å². The molecule has 0 atom stereocenters. The lowest BCUT2D eigenvalue weighted by molar-refractivity contribution is 0.323. The Morgan fingerprint density at radius 1 is 1.12 bits per heavy atom. The smallest absolute Gasteiger partial charge is 0.218 e. The number of nitrogens with zero attached hydrogens (tertiary/aromatic N) is 2. The van der Waals surface area contributed by atoms with Gasteiger partial charge in [-0.1, -0.05) is 6.07 Å². The third kappa shape index (κ3) is 5.27. The van der Waals surface area contributed by atoms with Gasteiger partial charge in [0, 0.05) is 30.1 Å². The summed E-state index contributed by atoms with van der Waals surface area (Å²) in [6, 6.07) is 9.45. The van der Waals surface area contributed by atoms with Crippen LogP contribution in [0.25, 0.3) is 0 Å². The minimum atomic E-state index is 0.450. The van der Waals surface area contributed by atoms with Crippen LogP contribution in [0.2, 0.25) is 0 Å². The lowest BCUT2D eigenvalue weighted by atomic mass is 10.2. The number of nitrogens with one attached hydrogen (secondary N) is 2. The first kappa shape index (κ1) is 19.4. The minimum absolute atomic E-state index is 0.450. The normalized spacial score (nSPS) is 11.0. The highest BCUT2D eigenvalue weighted by atomic mass is 16.5. The zero-order valence-corrected chi connectivity index (χ0v) is 15.7. The number of benzene rings is 1. The summed E-state index contributed by atoms with van der Waals surface area (Å²) < 4.78 is 16.2. The predicted molar refractivity (Wildman–Crippen MR) is 103 cm³/mol. The molecule has 0 radical (unpaired) electrons. The van der Waals surface area contributed by atoms with Crippen molar-refractivity contribution >= 4 is 11.6 Å². The lowest BCUT2D eigenvalue weighted by Crippen LogP contribution is -2.30. The van der Waals surface area contributed by atoms with E-state index in [2.05, 4.69) is 20.6 Å². The molecule has 1 heterocycles. The third-order valence-electron chi connectivity index (χ3n) is 3.53. The molecule has 0 spiro atoms. The van der Waals surface area contributed by atoms with E-state index in [1.165, 1.54) is 0 Å². The Kier molecular flexibility index (Phi) is 7.54. The van der Waals surface area contributed by atoms with Crippen LogP contribution in [0, 0.1) is 0 Å². The summed E-state index contributed by atoms with van der Waals surface area (Å²) in [5.74, 6) is 2.60. The molecule has 0 aliphatic carbocycles. The average Bonchev–Trinajstić information content (AvgIpc) is 2.67. The fourth-order valence-electron chi connectivity index (χ4n) is 2.33. The largest absolute Gasteiger partial charge is 0.493 e. The highest BCUT2D eigenvalue weighted by Crippen LogP contribution is 2.29. The van der Waals surface area contributed by atoms with Crippen LogP contribution in [-0.4, -0.2) is 38.3 Å². The van der Waals surface area contributed by atoms with E-state index in [0.29, 0.717) is 36.5 Å². The van der Waals surface area contributed by atoms with Gasteiger partial charge in [-0.25, -0.2) is 9.98 Å². The number of aromatic nitrogens is 1. The van der Waals surface area contributed by atoms with E-state index in [1.807, 2.05) is 44.2 Å². The molecule has 0 unspecified atom stereocenters. The maximum atomic E-state index is 5.55. The van der Waals surface area contributed by atoms with Gasteiger partial charge in [-0.3, -0.25) is 0 Å². The van der Waals surface area contributed by atoms with Crippen LogP contribution in [0.3, 0.4) is 0 Å². The maximum absolute atomic E-state index is 5.55. The lowest BCUT2D eigenvalue weighted by Gasteiger charge is -2.14. The fraction of sp³-hybridized carbons (Fsp3) is 0.368. The van der Waals surface area contributed by atoms with E-state index in [1.54, 1.807) is 20.4 Å². The number of rotatable bonds is 8. The number of hydrogen-bond donors (Lipinski definition) is 2. The molecule has 0 saturated heterocycles. The highest BCUT2D eigenvalue weighted by molar-refractivity contribution is 5.93. The van der Waals surface area contributed by atoms with Gasteiger partial charge < -0.3 is 24.8 Å². The molecule has 0 fully saturated rings. The van der Waals surface area contributed by atoms with Crippen LogP contribution < -0.4 is 24.8 Å². The second-order valence-electron chi connectivity index (χ2n) is 5.29. The molecule has 140 valence electrons. The van der Waals surface area contributed by atoms with E-state index < -0.39 is 0 Å². The van der Waals surface area contributed by atoms with Crippen LogP contribution in [0.1, 0.15) is 19.4 Å². The van der Waals surface area contributed by atoms with Crippen molar-refractivity contribution in [2.75, 3.05) is 32.7 Å². The standard InChI is InChI=1S/C19H26N4O3/c1-5-20-19(22-13-14-8-7-11-21-18(14)26-6-2)23-15-9-10-16(24-3)17(12-15)25-4/h7-12H,5-6,13H2,1-4H3,(H2,20,22,23). The Balaban J connectivity index is 2.17. The van der Waals surface area contributed by atoms with Gasteiger partial charge >= 0.3 is 0 Å². The van der Waals surface area contributed by atoms with Gasteiger partial charge in [0.1, 0.15) is 0 Å². The highest BCUT2D eigenvalue weighted by Gasteiger charge is 2.07. The van der Waals surface area contributed by atoms with Crippen molar-refractivity contribution in [3.8, 4) is 17.4 Å². The molecule has 2 aromatic rings. The van der Waals surface area contributed by atoms with E-state index in [9.17, 15) is 0 Å². The SMILES string of the molecule is CCNC(=NCc1cccnc1OCC)Nc1ccc(OC)c(OC)c1. The van der Waals surface area contributed by atoms with Crippen molar-refractivity contribution in [3.05, 3.63) is 42.1 Å². The average molecular weight is 358 g/mol. The molecule has 0 saturated carbocycles. The minimum Gasteiger partial charge on any atom is -0.493 e. The van der Waals surface area contributed by atoms with Crippen LogP contribution >= 0.6 is 0 Å². The van der Waals surface area contributed by atoms with Gasteiger partial charge in [0.2, 0.25) is 5.88 Å². The number of ether oxygens (including phenoxy) is 3. The quantitative estimate of drug-likeness (QED) is 0.558. The van der Waals surface area contributed by atoms with Crippen LogP contribution in [0.4, 0.5) is 5.69 Å². The Morgan fingerprint density at radius 3 is 2.62 bits per heavy atom. The molecular formula is C19H26N4O3. The molecule has 2 N–H and O–H groups in total. The van der Waals surface area contributed by atoms with Gasteiger partial charge in [-0.2, -0.15) is 0 Å². The van der Waals surface area contributed by atoms with Gasteiger partial charge in [-0.05, 0) is 32.0 Å². The Morgan fingerprint density at radius 2 is 1.92 bits per heavy atom. The second-order valence-corrected chi connectivity index (χ2v) is 5.29. The number of methoxy groups -OCH3 is 2. The molecular weight excluding hydrogens is 332 g/mol. The van der Waals surface area contributed by atoms with Crippen LogP contribution in [0.15, 0.2) is 41.5 Å². The van der Waals surface area contributed by atoms with E-state index in [4.69, 9.17) is 14.2 Å². The molecule has 0 amide bonds. The van der Waals surface area contributed by atoms with Crippen molar-refractivity contribution in [1.82, 2.24) is 10.3 Å². The van der Waals surface area contributed by atoms with Gasteiger partial charge in [-0.15, -0.1) is 0 Å². The van der Waals surface area contributed by atoms with Crippen molar-refractivity contribution in [2.45, 2.75) is 20.4 Å². The summed E-state index contributed by atoms with van der Waals surface area (Å²) in [6.07, 6.45) is 1.71. The first-order valence-electron chi connectivity index (χ1n) is 8.55. The summed E-state index contributed by atoms with van der Waals surface area (Å²) in [6.45, 7) is 5.71. The number of guanidine groups is 1. The Bertz CT molecular complexity index is 734. The predicted octanol–water partition coefficient (Wildman–Crippen LogP) is 3.08. The molecule has 1 aromatic carbocycles. The molecule has 0 aliphatic heterocycles. The van der Waals surface area contributed by atoms with Gasteiger partial charge in [0.25, 0.3) is 0 Å². The number of aliphatic imine (C=N–C) groups is 1. The maximum Gasteiger partial charge on any atom is 0.218 e. The molecule has 2 rings (SSSR count). The Hall–Kier alpha value is -2.96. The van der Waals surface area contributed by atoms with E-state index in [-0.39, 0.29) is 0 Å². The fourth-order valence-corrected chi connectivity index (χ4v) is 2.33. The molecule has 0 aliphatic rings. The monoisotopic (exact) mass is 358 g/mol. The summed E-state index contributed by atoms with van der Waals surface area (Å²) in [7, 11) is 3.22. The van der Waals surface area contributed by atoms with E-state index >= 15 is 0 Å². The molecule has 7 heteroatoms. The first-order chi connectivity index (χ1) is 12.7. The van der Waals surface area contributed by atoms with Crippen LogP contribution in [0.5, 0.6) is 17.4 Å². The van der Waals surface area contributed by atoms with Crippen molar-refractivity contribution in [2.24, 2.45) is 4.99 Å². The van der Waals surface area contributed by atoms with Crippen molar-refractivity contribution < 1.29 is 14.2 Å². The summed E-state index contributed by atoms with van der Waals surface area (Å²) in [5.41, 5.74) is 1.78. The summed E-state index contributed by atoms with van der Waals surface area (Å²) in [5, 5.41) is 6.49. The number of pyridine rings is 1. The van der Waals surface area contributed by atoms with Crippen LogP contribution in [-0.2, 0) is 6.54 Å². The third-order valence-corrected chi connectivity index (χ3v) is 3.53. The zero-order valence-electron chi connectivity index (χ0n) is 15.7. The second kappa shape index (κ2) is 10.1. The van der Waals surface area contributed by atoms with E-state index in [0.717, 1.165) is 17.8 Å². The number of anilines is 1. The Labute approximate surface area is 154 Å². The van der Waals surface area contributed by atoms with Crippen molar-refractivity contribution in [1.29, 1.82) is 0 Å². The number of hydrogen-bond acceptors (Lipinski definition) is 5.